The van der Waals surface area contributed by atoms with Gasteiger partial charge in [-0.15, -0.1) is 0 Å². The minimum Gasteiger partial charge on any atom is -0.476 e. The molecule has 2 rings (SSSR count). The molecule has 7 heteroatoms. The number of ether oxygens (including phenoxy) is 2. The third-order valence-electron chi connectivity index (χ3n) is 2.49. The lowest BCUT2D eigenvalue weighted by Crippen LogP contribution is -2.55. The van der Waals surface area contributed by atoms with Gasteiger partial charge in [0, 0.05) is 0 Å². The Morgan fingerprint density at radius 3 is 2.80 bits per heavy atom. The maximum Gasteiger partial charge on any atom is 0.248 e. The second-order valence-electron chi connectivity index (χ2n) is 3.41. The molecule has 2 aliphatic rings. The first-order valence-corrected chi connectivity index (χ1v) is 5.46. The number of fused-ring (bicyclic) bond motifs is 1. The summed E-state index contributed by atoms with van der Waals surface area (Å²) in [6.07, 6.45) is -2.90. The number of nitrogens with zero attached hydrogens (tertiary/aromatic N) is 1. The highest BCUT2D eigenvalue weighted by Gasteiger charge is 2.48. The van der Waals surface area contributed by atoms with Gasteiger partial charge < -0.3 is 24.8 Å². The van der Waals surface area contributed by atoms with Crippen LogP contribution in [0.2, 0.25) is 0 Å². The maximum atomic E-state index is 9.75. The van der Waals surface area contributed by atoms with Crippen LogP contribution in [0.1, 0.15) is 0 Å². The van der Waals surface area contributed by atoms with Gasteiger partial charge in [-0.25, -0.2) is 4.99 Å². The summed E-state index contributed by atoms with van der Waals surface area (Å²) < 4.78 is 10.3. The van der Waals surface area contributed by atoms with Crippen LogP contribution in [0, 0.1) is 0 Å². The minimum absolute atomic E-state index is 0.329. The number of rotatable bonds is 1. The predicted molar refractivity (Wildman–Crippen MR) is 53.6 cm³/mol. The fourth-order valence-electron chi connectivity index (χ4n) is 1.65. The first-order chi connectivity index (χ1) is 7.17. The summed E-state index contributed by atoms with van der Waals surface area (Å²) in [4.78, 5) is 4.07. The van der Waals surface area contributed by atoms with Crippen molar-refractivity contribution in [2.45, 2.75) is 29.8 Å². The van der Waals surface area contributed by atoms with Gasteiger partial charge >= 0.3 is 0 Å². The first-order valence-electron chi connectivity index (χ1n) is 4.58. The number of aliphatic hydroxyl groups excluding tert-OH is 3. The molecular formula is C8H13NO5S. The Balaban J connectivity index is 2.12. The summed E-state index contributed by atoms with van der Waals surface area (Å²) in [7, 11) is 1.48. The largest absolute Gasteiger partial charge is 0.476 e. The van der Waals surface area contributed by atoms with Crippen molar-refractivity contribution in [3.63, 3.8) is 0 Å². The molecule has 1 saturated heterocycles. The van der Waals surface area contributed by atoms with E-state index in [2.05, 4.69) is 4.99 Å². The third kappa shape index (κ3) is 1.85. The molecule has 0 aliphatic carbocycles. The average Bonchev–Trinajstić information content (AvgIpc) is 2.66. The fraction of sp³-hybridized carbons (Fsp3) is 0.875. The molecule has 0 aromatic carbocycles. The SMILES string of the molecule is COC1=NC2[C@@H](O)[C@H](O)[C@@H](CO)O[C@H]2S1. The van der Waals surface area contributed by atoms with Crippen molar-refractivity contribution in [3.8, 4) is 0 Å². The zero-order valence-corrected chi connectivity index (χ0v) is 8.92. The quantitative estimate of drug-likeness (QED) is 0.514. The van der Waals surface area contributed by atoms with E-state index in [1.54, 1.807) is 0 Å². The van der Waals surface area contributed by atoms with Gasteiger partial charge in [0.1, 0.15) is 29.8 Å². The molecule has 1 unspecified atom stereocenters. The number of aliphatic imine (C=N–C) groups is 1. The lowest BCUT2D eigenvalue weighted by molar-refractivity contribution is -0.164. The molecular weight excluding hydrogens is 222 g/mol. The average molecular weight is 235 g/mol. The van der Waals surface area contributed by atoms with Crippen LogP contribution in [0.15, 0.2) is 4.99 Å². The molecule has 5 atom stereocenters. The van der Waals surface area contributed by atoms with Gasteiger partial charge in [0.15, 0.2) is 0 Å². The zero-order valence-electron chi connectivity index (χ0n) is 8.11. The van der Waals surface area contributed by atoms with Gasteiger partial charge in [0.25, 0.3) is 0 Å². The molecule has 0 spiro atoms. The summed E-state index contributed by atoms with van der Waals surface area (Å²) >= 11 is 1.24. The second-order valence-corrected chi connectivity index (χ2v) is 4.46. The lowest BCUT2D eigenvalue weighted by atomic mass is 9.99. The van der Waals surface area contributed by atoms with Crippen molar-refractivity contribution < 1.29 is 24.8 Å². The molecule has 0 amide bonds. The van der Waals surface area contributed by atoms with Crippen LogP contribution in [0.3, 0.4) is 0 Å². The van der Waals surface area contributed by atoms with Crippen molar-refractivity contribution in [1.82, 2.24) is 0 Å². The van der Waals surface area contributed by atoms with Crippen LogP contribution in [-0.2, 0) is 9.47 Å². The minimum atomic E-state index is -1.11. The second kappa shape index (κ2) is 4.26. The number of methoxy groups -OCH3 is 1. The predicted octanol–water partition coefficient (Wildman–Crippen LogP) is -1.46. The molecule has 0 saturated carbocycles. The summed E-state index contributed by atoms with van der Waals surface area (Å²) in [5.74, 6) is 0. The van der Waals surface area contributed by atoms with E-state index in [9.17, 15) is 10.2 Å². The van der Waals surface area contributed by atoms with E-state index < -0.39 is 29.8 Å². The molecule has 0 radical (unpaired) electrons. The van der Waals surface area contributed by atoms with Crippen LogP contribution in [0.25, 0.3) is 0 Å². The van der Waals surface area contributed by atoms with E-state index in [-0.39, 0.29) is 6.61 Å². The zero-order chi connectivity index (χ0) is 11.0. The monoisotopic (exact) mass is 235 g/mol. The molecule has 0 aromatic heterocycles. The van der Waals surface area contributed by atoms with Crippen LogP contribution in [0.4, 0.5) is 0 Å². The fourth-order valence-corrected chi connectivity index (χ4v) is 2.69. The van der Waals surface area contributed by atoms with E-state index >= 15 is 0 Å². The standard InChI is InChI=1S/C8H13NO5S/c1-13-8-9-4-6(12)5(11)3(2-10)14-7(4)15-8/h3-7,10-12H,2H2,1H3/t3-,4?,5-,6-,7+/m1/s1. The van der Waals surface area contributed by atoms with Gasteiger partial charge in [-0.1, -0.05) is 0 Å². The van der Waals surface area contributed by atoms with Gasteiger partial charge in [-0.05, 0) is 11.8 Å². The topological polar surface area (TPSA) is 91.5 Å². The highest BCUT2D eigenvalue weighted by Crippen LogP contribution is 2.36. The normalized spacial score (nSPS) is 44.8. The first kappa shape index (κ1) is 11.2. The Hall–Kier alpha value is -0.340. The van der Waals surface area contributed by atoms with E-state index in [0.29, 0.717) is 5.23 Å². The lowest BCUT2D eigenvalue weighted by Gasteiger charge is -2.37. The van der Waals surface area contributed by atoms with Crippen molar-refractivity contribution in [2.75, 3.05) is 13.7 Å². The van der Waals surface area contributed by atoms with Gasteiger partial charge in [0.05, 0.1) is 13.7 Å². The van der Waals surface area contributed by atoms with Crippen molar-refractivity contribution in [3.05, 3.63) is 0 Å². The molecule has 2 heterocycles. The number of hydrogen-bond donors (Lipinski definition) is 3. The van der Waals surface area contributed by atoms with Crippen molar-refractivity contribution in [1.29, 1.82) is 0 Å². The number of hydrogen-bond acceptors (Lipinski definition) is 7. The van der Waals surface area contributed by atoms with Gasteiger partial charge in [0.2, 0.25) is 5.23 Å². The van der Waals surface area contributed by atoms with Crippen LogP contribution < -0.4 is 0 Å². The highest BCUT2D eigenvalue weighted by atomic mass is 32.2. The van der Waals surface area contributed by atoms with Crippen LogP contribution >= 0.6 is 11.8 Å². The summed E-state index contributed by atoms with van der Waals surface area (Å²) in [6, 6.07) is -0.525. The molecule has 1 fully saturated rings. The molecule has 86 valence electrons. The smallest absolute Gasteiger partial charge is 0.248 e. The van der Waals surface area contributed by atoms with Crippen LogP contribution in [0.5, 0.6) is 0 Å². The molecule has 0 bridgehead atoms. The Labute approximate surface area is 90.9 Å². The highest BCUT2D eigenvalue weighted by molar-refractivity contribution is 8.14. The summed E-state index contributed by atoms with van der Waals surface area (Å²) in [6.45, 7) is -0.329. The number of aliphatic hydroxyl groups is 3. The molecule has 2 aliphatic heterocycles. The maximum absolute atomic E-state index is 9.75. The molecule has 15 heavy (non-hydrogen) atoms. The molecule has 3 N–H and O–H groups in total. The Kier molecular flexibility index (Phi) is 3.17. The van der Waals surface area contributed by atoms with Gasteiger partial charge in [-0.2, -0.15) is 0 Å². The number of thioether (sulfide) groups is 1. The van der Waals surface area contributed by atoms with Crippen molar-refractivity contribution in [2.24, 2.45) is 4.99 Å². The van der Waals surface area contributed by atoms with E-state index in [4.69, 9.17) is 14.6 Å². The molecule has 0 aromatic rings. The van der Waals surface area contributed by atoms with E-state index in [1.165, 1.54) is 18.9 Å². The third-order valence-corrected chi connectivity index (χ3v) is 3.59. The van der Waals surface area contributed by atoms with Crippen molar-refractivity contribution >= 4 is 17.0 Å². The van der Waals surface area contributed by atoms with E-state index in [1.807, 2.05) is 0 Å². The van der Waals surface area contributed by atoms with Gasteiger partial charge in [-0.3, -0.25) is 0 Å². The summed E-state index contributed by atoms with van der Waals surface area (Å²) in [5, 5.41) is 28.7. The van der Waals surface area contributed by atoms with E-state index in [0.717, 1.165) is 0 Å². The Bertz CT molecular complexity index is 274. The Morgan fingerprint density at radius 1 is 1.47 bits per heavy atom. The molecule has 6 nitrogen and oxygen atoms in total. The summed E-state index contributed by atoms with van der Waals surface area (Å²) in [5.41, 5.74) is -0.393. The van der Waals surface area contributed by atoms with Crippen LogP contribution in [-0.4, -0.2) is 64.1 Å². The Morgan fingerprint density at radius 2 is 2.20 bits per heavy atom.